The Balaban J connectivity index is 1.59. The summed E-state index contributed by atoms with van der Waals surface area (Å²) in [6.45, 7) is 14.0. The number of para-hydroxylation sites is 1. The van der Waals surface area contributed by atoms with Crippen molar-refractivity contribution in [2.45, 2.75) is 76.1 Å². The minimum absolute atomic E-state index is 0.0576. The minimum Gasteiger partial charge on any atom is -0.492 e. The van der Waals surface area contributed by atoms with E-state index in [1.807, 2.05) is 24.0 Å². The maximum atomic E-state index is 13.4. The molecule has 1 aromatic rings. The summed E-state index contributed by atoms with van der Waals surface area (Å²) in [6, 6.07) is 4.95. The molecule has 4 atom stereocenters. The first-order valence-corrected chi connectivity index (χ1v) is 11.9. The van der Waals surface area contributed by atoms with Gasteiger partial charge in [-0.1, -0.05) is 39.5 Å². The van der Waals surface area contributed by atoms with Crippen LogP contribution in [0.4, 0.5) is 0 Å². The zero-order chi connectivity index (χ0) is 24.0. The maximum absolute atomic E-state index is 13.4. The Kier molecular flexibility index (Phi) is 6.07. The van der Waals surface area contributed by atoms with E-state index in [1.54, 1.807) is 6.07 Å². The molecule has 180 valence electrons. The van der Waals surface area contributed by atoms with Crippen LogP contribution < -0.4 is 21.1 Å². The lowest BCUT2D eigenvalue weighted by molar-refractivity contribution is 0.0147. The van der Waals surface area contributed by atoms with Crippen molar-refractivity contribution in [3.63, 3.8) is 0 Å². The highest BCUT2D eigenvalue weighted by atomic mass is 16.5. The van der Waals surface area contributed by atoms with Crippen LogP contribution in [-0.2, 0) is 5.41 Å². The van der Waals surface area contributed by atoms with Crippen molar-refractivity contribution in [2.75, 3.05) is 19.7 Å². The number of hydrogen-bond donors (Lipinski definition) is 4. The van der Waals surface area contributed by atoms with Crippen LogP contribution in [0.5, 0.6) is 5.75 Å². The Bertz CT molecular complexity index is 975. The van der Waals surface area contributed by atoms with Gasteiger partial charge in [0.2, 0.25) is 0 Å². The van der Waals surface area contributed by atoms with Crippen LogP contribution in [0.15, 0.2) is 35.6 Å². The fraction of sp³-hybridized carbons (Fsp3) is 0.600. The van der Waals surface area contributed by atoms with Crippen LogP contribution in [-0.4, -0.2) is 65.2 Å². The summed E-state index contributed by atoms with van der Waals surface area (Å²) >= 11 is 0. The lowest BCUT2D eigenvalue weighted by Gasteiger charge is -2.48. The van der Waals surface area contributed by atoms with Gasteiger partial charge in [-0.2, -0.15) is 0 Å². The third-order valence-electron chi connectivity index (χ3n) is 7.55. The van der Waals surface area contributed by atoms with Gasteiger partial charge in [0.1, 0.15) is 11.9 Å². The lowest BCUT2D eigenvalue weighted by atomic mass is 9.79. The summed E-state index contributed by atoms with van der Waals surface area (Å²) in [5.74, 6) is 1.69. The second-order valence-corrected chi connectivity index (χ2v) is 10.2. The highest BCUT2D eigenvalue weighted by molar-refractivity contribution is 5.98. The van der Waals surface area contributed by atoms with E-state index >= 15 is 0 Å². The molecule has 2 unspecified atom stereocenters. The van der Waals surface area contributed by atoms with E-state index in [0.717, 1.165) is 24.2 Å². The summed E-state index contributed by atoms with van der Waals surface area (Å²) in [5, 5.41) is 17.8. The van der Waals surface area contributed by atoms with Crippen LogP contribution in [0.3, 0.4) is 0 Å². The minimum atomic E-state index is -0.847. The van der Waals surface area contributed by atoms with E-state index < -0.39 is 17.7 Å². The number of amides is 1. The number of nitrogens with two attached hydrogens (primary N) is 1. The van der Waals surface area contributed by atoms with E-state index in [2.05, 4.69) is 38.0 Å². The number of aliphatic imine (C=N–C) groups is 1. The Morgan fingerprint density at radius 1 is 1.42 bits per heavy atom. The highest BCUT2D eigenvalue weighted by Crippen LogP contribution is 2.41. The number of nitrogens with zero attached hydrogens (tertiary/aromatic N) is 2. The third-order valence-corrected chi connectivity index (χ3v) is 7.55. The monoisotopic (exact) mass is 455 g/mol. The predicted octanol–water partition coefficient (Wildman–Crippen LogP) is 1.88. The second-order valence-electron chi connectivity index (χ2n) is 10.2. The number of carbonyl (C=O) groups is 1. The number of fused-ring (bicyclic) bond motifs is 2. The third kappa shape index (κ3) is 3.94. The molecule has 8 heteroatoms. The fourth-order valence-corrected chi connectivity index (χ4v) is 5.37. The Morgan fingerprint density at radius 2 is 2.18 bits per heavy atom. The normalized spacial score (nSPS) is 30.7. The number of benzene rings is 1. The largest absolute Gasteiger partial charge is 0.492 e. The van der Waals surface area contributed by atoms with Crippen molar-refractivity contribution >= 4 is 11.7 Å². The second kappa shape index (κ2) is 8.56. The molecule has 1 amide bonds. The molecule has 0 saturated carbocycles. The van der Waals surface area contributed by atoms with Gasteiger partial charge >= 0.3 is 0 Å². The Labute approximate surface area is 196 Å². The number of amidine groups is 1. The predicted molar refractivity (Wildman–Crippen MR) is 129 cm³/mol. The zero-order valence-corrected chi connectivity index (χ0v) is 20.1. The van der Waals surface area contributed by atoms with Crippen LogP contribution in [0.1, 0.15) is 62.9 Å². The molecule has 2 saturated heterocycles. The smallest absolute Gasteiger partial charge is 0.255 e. The molecule has 33 heavy (non-hydrogen) atoms. The lowest BCUT2D eigenvalue weighted by Crippen LogP contribution is -2.64. The number of rotatable bonds is 5. The molecule has 1 aromatic carbocycles. The molecule has 0 radical (unpaired) electrons. The van der Waals surface area contributed by atoms with Gasteiger partial charge < -0.3 is 31.1 Å². The number of ether oxygens (including phenoxy) is 1. The molecule has 4 rings (SSSR count). The Morgan fingerprint density at radius 3 is 2.91 bits per heavy atom. The average molecular weight is 456 g/mol. The molecule has 0 spiro atoms. The molecular formula is C25H37N5O3. The van der Waals surface area contributed by atoms with Crippen molar-refractivity contribution in [3.8, 4) is 5.75 Å². The maximum Gasteiger partial charge on any atom is 0.255 e. The van der Waals surface area contributed by atoms with Crippen LogP contribution in [0, 0.1) is 0 Å². The first kappa shape index (κ1) is 23.4. The number of hydrogen-bond acceptors (Lipinski definition) is 6. The van der Waals surface area contributed by atoms with Crippen molar-refractivity contribution in [2.24, 2.45) is 10.7 Å². The van der Waals surface area contributed by atoms with Gasteiger partial charge in [-0.15, -0.1) is 0 Å². The van der Waals surface area contributed by atoms with E-state index in [1.165, 1.54) is 0 Å². The van der Waals surface area contributed by atoms with Crippen molar-refractivity contribution in [1.82, 2.24) is 15.5 Å². The first-order valence-electron chi connectivity index (χ1n) is 11.9. The molecule has 0 aromatic heterocycles. The SMILES string of the molecule is C=C1NC[C@H](N=C(N)CCC)[C@@]2(C)C(O)C(NC(=O)c3cccc4c3OCCC4(C)C)CN12. The van der Waals surface area contributed by atoms with E-state index in [4.69, 9.17) is 15.5 Å². The highest BCUT2D eigenvalue weighted by Gasteiger charge is 2.57. The fourth-order valence-electron chi connectivity index (χ4n) is 5.37. The van der Waals surface area contributed by atoms with Crippen molar-refractivity contribution in [1.29, 1.82) is 0 Å². The van der Waals surface area contributed by atoms with Crippen LogP contribution in [0.25, 0.3) is 0 Å². The summed E-state index contributed by atoms with van der Waals surface area (Å²) in [5.41, 5.74) is 6.88. The topological polar surface area (TPSA) is 112 Å². The van der Waals surface area contributed by atoms with Crippen molar-refractivity contribution < 1.29 is 14.6 Å². The summed E-state index contributed by atoms with van der Waals surface area (Å²) in [6.07, 6.45) is 1.67. The van der Waals surface area contributed by atoms with Gasteiger partial charge in [-0.25, -0.2) is 0 Å². The molecule has 0 aliphatic carbocycles. The molecule has 3 aliphatic rings. The van der Waals surface area contributed by atoms with Gasteiger partial charge in [0.15, 0.2) is 0 Å². The van der Waals surface area contributed by atoms with Gasteiger partial charge in [0, 0.05) is 25.1 Å². The van der Waals surface area contributed by atoms with Crippen LogP contribution in [0.2, 0.25) is 0 Å². The van der Waals surface area contributed by atoms with Gasteiger partial charge in [-0.3, -0.25) is 9.79 Å². The van der Waals surface area contributed by atoms with Gasteiger partial charge in [0.05, 0.1) is 41.4 Å². The van der Waals surface area contributed by atoms with E-state index in [9.17, 15) is 9.90 Å². The molecule has 8 nitrogen and oxygen atoms in total. The Hall–Kier alpha value is -2.74. The van der Waals surface area contributed by atoms with Crippen molar-refractivity contribution in [3.05, 3.63) is 41.7 Å². The van der Waals surface area contributed by atoms with E-state index in [-0.39, 0.29) is 17.4 Å². The molecular weight excluding hydrogens is 418 g/mol. The summed E-state index contributed by atoms with van der Waals surface area (Å²) < 4.78 is 5.93. The summed E-state index contributed by atoms with van der Waals surface area (Å²) in [7, 11) is 0. The number of aliphatic hydroxyl groups excluding tert-OH is 1. The van der Waals surface area contributed by atoms with E-state index in [0.29, 0.717) is 43.3 Å². The summed E-state index contributed by atoms with van der Waals surface area (Å²) in [4.78, 5) is 20.1. The number of carbonyl (C=O) groups excluding carboxylic acids is 1. The van der Waals surface area contributed by atoms with Crippen LogP contribution >= 0.6 is 0 Å². The molecule has 0 bridgehead atoms. The average Bonchev–Trinajstić information content (AvgIpc) is 3.02. The first-order chi connectivity index (χ1) is 15.6. The number of aliphatic hydroxyl groups is 1. The molecule has 3 aliphatic heterocycles. The molecule has 2 fully saturated rings. The molecule has 3 heterocycles. The molecule has 5 N–H and O–H groups in total. The number of nitrogens with one attached hydrogen (secondary N) is 2. The standard InChI is InChI=1S/C25H37N5O3/c1-6-8-20(26)29-19-13-27-15(2)30-14-18(22(31)25(19,30)5)28-23(32)16-9-7-10-17-21(16)33-12-11-24(17,3)4/h7,9-10,18-19,22,27,31H,2,6,8,11-14H2,1,3-5H3,(H2,26,29)(H,28,32)/t18?,19-,22?,25-/m0/s1. The van der Waals surface area contributed by atoms with Gasteiger partial charge in [-0.05, 0) is 31.2 Å². The quantitative estimate of drug-likeness (QED) is 0.398. The van der Waals surface area contributed by atoms with Gasteiger partial charge in [0.25, 0.3) is 5.91 Å². The zero-order valence-electron chi connectivity index (χ0n) is 20.1.